The van der Waals surface area contributed by atoms with Gasteiger partial charge in [0.1, 0.15) is 25.9 Å². The Balaban J connectivity index is 1.63. The van der Waals surface area contributed by atoms with E-state index in [4.69, 9.17) is 25.4 Å². The van der Waals surface area contributed by atoms with Crippen LogP contribution in [0.15, 0.2) is 41.5 Å². The molecule has 2 aromatic heterocycles. The molecule has 0 unspecified atom stereocenters. The maximum atomic E-state index is 12.7. The smallest absolute Gasteiger partial charge is 0.408 e. The van der Waals surface area contributed by atoms with Crippen LogP contribution in [0.2, 0.25) is 0 Å². The minimum absolute atomic E-state index is 0.0207. The number of anilines is 1. The lowest BCUT2D eigenvalue weighted by Gasteiger charge is -2.20. The van der Waals surface area contributed by atoms with Gasteiger partial charge < -0.3 is 25.3 Å². The van der Waals surface area contributed by atoms with E-state index in [9.17, 15) is 14.4 Å². The molecule has 0 aliphatic heterocycles. The first-order valence-electron chi connectivity index (χ1n) is 11.9. The van der Waals surface area contributed by atoms with E-state index in [1.807, 2.05) is 0 Å². The van der Waals surface area contributed by atoms with Crippen LogP contribution in [0.25, 0.3) is 11.2 Å². The van der Waals surface area contributed by atoms with Crippen molar-refractivity contribution in [2.45, 2.75) is 33.2 Å². The highest BCUT2D eigenvalue weighted by Gasteiger charge is 2.26. The van der Waals surface area contributed by atoms with Gasteiger partial charge in [-0.2, -0.15) is 4.98 Å². The number of nitrogens with two attached hydrogens (primary N) is 1. The summed E-state index contributed by atoms with van der Waals surface area (Å²) in [5, 5.41) is 2.31. The van der Waals surface area contributed by atoms with Gasteiger partial charge in [-0.3, -0.25) is 14.3 Å². The average Bonchev–Trinajstić information content (AvgIpc) is 3.23. The summed E-state index contributed by atoms with van der Waals surface area (Å²) in [6.45, 7) is -3.99. The number of hydrogen-bond donors (Lipinski definition) is 3. The summed E-state index contributed by atoms with van der Waals surface area (Å²) in [4.78, 5) is 46.8. The third kappa shape index (κ3) is 6.53. The van der Waals surface area contributed by atoms with E-state index in [-0.39, 0.29) is 23.7 Å². The molecule has 33 heavy (non-hydrogen) atoms. The molecule has 1 aromatic carbocycles. The van der Waals surface area contributed by atoms with E-state index in [2.05, 4.69) is 20.3 Å². The lowest BCUT2D eigenvalue weighted by atomic mass is 10.1. The third-order valence-corrected chi connectivity index (χ3v) is 4.37. The van der Waals surface area contributed by atoms with E-state index in [0.29, 0.717) is 0 Å². The number of H-pyrrole nitrogens is 1. The second-order valence-corrected chi connectivity index (χ2v) is 7.16. The number of carbonyl (C=O) groups is 2. The quantitative estimate of drug-likeness (QED) is 0.375. The maximum absolute atomic E-state index is 12.7. The monoisotopic (exact) mass is 462 g/mol. The molecule has 3 rings (SSSR count). The summed E-state index contributed by atoms with van der Waals surface area (Å²) in [6, 6.07) is 7.48. The first-order valence-corrected chi connectivity index (χ1v) is 9.85. The highest BCUT2D eigenvalue weighted by Crippen LogP contribution is 2.08. The molecule has 0 saturated carbocycles. The van der Waals surface area contributed by atoms with Crippen molar-refractivity contribution < 1.29 is 29.3 Å². The number of aromatic nitrogens is 4. The Labute approximate surface area is 194 Å². The predicted octanol–water partition coefficient (Wildman–Crippen LogP) is 1.17. The Hall–Kier alpha value is -3.93. The van der Waals surface area contributed by atoms with Crippen molar-refractivity contribution in [1.82, 2.24) is 24.8 Å². The van der Waals surface area contributed by atoms with E-state index < -0.39 is 49.4 Å². The summed E-state index contributed by atoms with van der Waals surface area (Å²) in [7, 11) is 0. The number of imidazole rings is 1. The Morgan fingerprint density at radius 2 is 2.00 bits per heavy atom. The van der Waals surface area contributed by atoms with Crippen LogP contribution in [0.4, 0.5) is 10.7 Å². The van der Waals surface area contributed by atoms with Crippen LogP contribution in [0.5, 0.6) is 0 Å². The fourth-order valence-electron chi connectivity index (χ4n) is 2.72. The normalized spacial score (nSPS) is 14.6. The van der Waals surface area contributed by atoms with Gasteiger partial charge in [-0.25, -0.2) is 14.6 Å². The number of amides is 1. The summed E-state index contributed by atoms with van der Waals surface area (Å²) < 4.78 is 48.0. The molecule has 1 atom stereocenters. The highest BCUT2D eigenvalue weighted by molar-refractivity contribution is 5.81. The first kappa shape index (κ1) is 18.6. The summed E-state index contributed by atoms with van der Waals surface area (Å²) in [5.41, 5.74) is 5.51. The lowest BCUT2D eigenvalue weighted by Crippen LogP contribution is -2.45. The standard InChI is InChI=1S/C21H26N6O6/c1-13(2)15(24-21(30)33-10-14-6-4-3-5-7-14)19(29)32-9-8-31-12-27-11-23-16-17(27)25-20(22)26-18(16)28/h3-7,11,13,15H,8-10,12H2,1-2H3,(H,24,30)(H3,22,25,26,28)/t15-/m1/s1/i8D2,9D2. The molecule has 0 aliphatic rings. The zero-order chi connectivity index (χ0) is 27.4. The van der Waals surface area contributed by atoms with Crippen molar-refractivity contribution in [1.29, 1.82) is 0 Å². The number of alkyl carbamates (subject to hydrolysis) is 1. The molecule has 0 fully saturated rings. The van der Waals surface area contributed by atoms with Gasteiger partial charge in [0, 0.05) is 0 Å². The van der Waals surface area contributed by atoms with Crippen molar-refractivity contribution in [2.24, 2.45) is 5.92 Å². The Morgan fingerprint density at radius 1 is 1.24 bits per heavy atom. The van der Waals surface area contributed by atoms with Crippen molar-refractivity contribution >= 4 is 29.2 Å². The van der Waals surface area contributed by atoms with E-state index in [0.717, 1.165) is 16.5 Å². The van der Waals surface area contributed by atoms with Gasteiger partial charge in [0.15, 0.2) is 11.2 Å². The highest BCUT2D eigenvalue weighted by atomic mass is 16.6. The van der Waals surface area contributed by atoms with E-state index in [1.165, 1.54) is 0 Å². The fraction of sp³-hybridized carbons (Fsp3) is 0.381. The molecule has 0 bridgehead atoms. The molecule has 0 saturated heterocycles. The zero-order valence-electron chi connectivity index (χ0n) is 21.9. The van der Waals surface area contributed by atoms with Crippen LogP contribution in [0.3, 0.4) is 0 Å². The molecule has 4 N–H and O–H groups in total. The van der Waals surface area contributed by atoms with Gasteiger partial charge in [0.2, 0.25) is 5.95 Å². The Morgan fingerprint density at radius 3 is 2.73 bits per heavy atom. The molecule has 0 spiro atoms. The van der Waals surface area contributed by atoms with Gasteiger partial charge in [-0.05, 0) is 11.5 Å². The number of aromatic amines is 1. The molecule has 2 heterocycles. The van der Waals surface area contributed by atoms with Crippen molar-refractivity contribution in [3.8, 4) is 0 Å². The van der Waals surface area contributed by atoms with Crippen LogP contribution in [-0.4, -0.2) is 50.7 Å². The number of ether oxygens (including phenoxy) is 3. The summed E-state index contributed by atoms with van der Waals surface area (Å²) in [6.07, 6.45) is 0.192. The van der Waals surface area contributed by atoms with Gasteiger partial charge in [0.25, 0.3) is 5.56 Å². The molecular formula is C21H26N6O6. The van der Waals surface area contributed by atoms with Crippen LogP contribution >= 0.6 is 0 Å². The van der Waals surface area contributed by atoms with Gasteiger partial charge in [0.05, 0.1) is 18.4 Å². The largest absolute Gasteiger partial charge is 0.462 e. The molecule has 176 valence electrons. The number of benzene rings is 1. The number of nitrogens with zero attached hydrogens (tertiary/aromatic N) is 3. The van der Waals surface area contributed by atoms with Crippen LogP contribution in [0, 0.1) is 5.92 Å². The summed E-state index contributed by atoms with van der Waals surface area (Å²) >= 11 is 0. The maximum Gasteiger partial charge on any atom is 0.408 e. The second kappa shape index (κ2) is 11.1. The average molecular weight is 462 g/mol. The number of hydrogen-bond acceptors (Lipinski definition) is 9. The van der Waals surface area contributed by atoms with Crippen molar-refractivity contribution in [2.75, 3.05) is 18.9 Å². The number of carbonyl (C=O) groups excluding carboxylic acids is 2. The number of rotatable bonds is 10. The molecule has 12 heteroatoms. The Bertz CT molecular complexity index is 1310. The topological polar surface area (TPSA) is 163 Å². The minimum atomic E-state index is -3.28. The van der Waals surface area contributed by atoms with Gasteiger partial charge >= 0.3 is 12.1 Å². The van der Waals surface area contributed by atoms with Gasteiger partial charge in [-0.15, -0.1) is 0 Å². The van der Waals surface area contributed by atoms with Crippen LogP contribution in [-0.2, 0) is 32.3 Å². The van der Waals surface area contributed by atoms with Crippen LogP contribution in [0.1, 0.15) is 24.9 Å². The molecule has 12 nitrogen and oxygen atoms in total. The van der Waals surface area contributed by atoms with E-state index in [1.54, 1.807) is 44.2 Å². The number of nitrogens with one attached hydrogen (secondary N) is 2. The number of nitrogen functional groups attached to an aromatic ring is 1. The first-order chi connectivity index (χ1) is 17.3. The number of fused-ring (bicyclic) bond motifs is 1. The second-order valence-electron chi connectivity index (χ2n) is 7.16. The summed E-state index contributed by atoms with van der Waals surface area (Å²) in [5.74, 6) is -1.99. The number of esters is 1. The molecule has 0 aliphatic carbocycles. The van der Waals surface area contributed by atoms with E-state index >= 15 is 0 Å². The third-order valence-electron chi connectivity index (χ3n) is 4.37. The zero-order valence-corrected chi connectivity index (χ0v) is 17.9. The van der Waals surface area contributed by atoms with Crippen molar-refractivity contribution in [3.63, 3.8) is 0 Å². The molecule has 3 aromatic rings. The molecule has 1 amide bonds. The fourth-order valence-corrected chi connectivity index (χ4v) is 2.72. The lowest BCUT2D eigenvalue weighted by molar-refractivity contribution is -0.149. The molecule has 0 radical (unpaired) electrons. The van der Waals surface area contributed by atoms with Gasteiger partial charge in [-0.1, -0.05) is 44.2 Å². The predicted molar refractivity (Wildman–Crippen MR) is 118 cm³/mol. The van der Waals surface area contributed by atoms with Crippen LogP contribution < -0.4 is 16.6 Å². The molecular weight excluding hydrogens is 432 g/mol. The SMILES string of the molecule is [2H]C([2H])(OCn1cnc2c(=O)[nH]c(N)nc21)C([2H])([2H])OC(=O)[C@H](NC(=O)OCc1ccccc1)C(C)C. The minimum Gasteiger partial charge on any atom is -0.462 e. The van der Waals surface area contributed by atoms with Crippen molar-refractivity contribution in [3.05, 3.63) is 52.6 Å². The Kier molecular flexibility index (Phi) is 6.26.